The Balaban J connectivity index is 1.67. The third kappa shape index (κ3) is 4.23. The first-order valence-corrected chi connectivity index (χ1v) is 12.2. The lowest BCUT2D eigenvalue weighted by Gasteiger charge is -2.31. The van der Waals surface area contributed by atoms with E-state index < -0.39 is 10.0 Å². The topological polar surface area (TPSA) is 69.7 Å². The van der Waals surface area contributed by atoms with Crippen molar-refractivity contribution in [3.05, 3.63) is 60.2 Å². The molecule has 6 nitrogen and oxygen atoms in total. The lowest BCUT2D eigenvalue weighted by molar-refractivity contribution is 0.162. The van der Waals surface area contributed by atoms with Crippen molar-refractivity contribution < 1.29 is 13.2 Å². The van der Waals surface area contributed by atoms with Crippen molar-refractivity contribution >= 4 is 16.1 Å². The molecule has 4 rings (SSSR count). The maximum atomic E-state index is 12.9. The van der Waals surface area contributed by atoms with E-state index in [1.165, 1.54) is 6.26 Å². The van der Waals surface area contributed by atoms with Crippen LogP contribution in [0.5, 0.6) is 0 Å². The van der Waals surface area contributed by atoms with Gasteiger partial charge in [-0.15, -0.1) is 0 Å². The largest absolute Gasteiger partial charge is 0.331 e. The maximum absolute atomic E-state index is 12.9. The zero-order valence-corrected chi connectivity index (χ0v) is 18.5. The number of likely N-dealkylation sites (tertiary alicyclic amines) is 1. The third-order valence-electron chi connectivity index (χ3n) is 6.27. The van der Waals surface area contributed by atoms with Crippen LogP contribution in [0.2, 0.25) is 0 Å². The molecule has 0 radical (unpaired) electrons. The summed E-state index contributed by atoms with van der Waals surface area (Å²) in [5.41, 5.74) is 3.20. The van der Waals surface area contributed by atoms with Crippen LogP contribution in [0.25, 0.3) is 11.1 Å². The third-order valence-corrected chi connectivity index (χ3v) is 6.95. The van der Waals surface area contributed by atoms with Gasteiger partial charge in [0, 0.05) is 32.1 Å². The van der Waals surface area contributed by atoms with E-state index in [2.05, 4.69) is 35.1 Å². The van der Waals surface area contributed by atoms with Gasteiger partial charge in [-0.3, -0.25) is 0 Å². The van der Waals surface area contributed by atoms with Gasteiger partial charge in [0.05, 0.1) is 12.3 Å². The lowest BCUT2D eigenvalue weighted by Crippen LogP contribution is -2.51. The fourth-order valence-electron chi connectivity index (χ4n) is 4.65. The zero-order valence-electron chi connectivity index (χ0n) is 17.7. The van der Waals surface area contributed by atoms with Gasteiger partial charge in [-0.25, -0.2) is 17.9 Å². The highest BCUT2D eigenvalue weighted by Gasteiger charge is 2.61. The van der Waals surface area contributed by atoms with Gasteiger partial charge in [0.15, 0.2) is 0 Å². The number of nitrogens with zero attached hydrogens (tertiary/aromatic N) is 2. The molecule has 2 fully saturated rings. The molecule has 0 aromatic heterocycles. The van der Waals surface area contributed by atoms with Crippen LogP contribution in [-0.2, 0) is 16.4 Å². The maximum Gasteiger partial charge on any atom is 0.319 e. The molecular weight excluding hydrogens is 398 g/mol. The molecule has 2 unspecified atom stereocenters. The molecule has 2 amide bonds. The van der Waals surface area contributed by atoms with E-state index in [1.54, 1.807) is 19.0 Å². The van der Waals surface area contributed by atoms with Crippen molar-refractivity contribution in [1.29, 1.82) is 0 Å². The van der Waals surface area contributed by atoms with Crippen LogP contribution in [0.3, 0.4) is 0 Å². The highest BCUT2D eigenvalue weighted by atomic mass is 32.2. The Labute approximate surface area is 178 Å². The van der Waals surface area contributed by atoms with E-state index in [0.717, 1.165) is 29.5 Å². The Morgan fingerprint density at radius 2 is 1.77 bits per heavy atom. The predicted octanol–water partition coefficient (Wildman–Crippen LogP) is 2.96. The van der Waals surface area contributed by atoms with E-state index in [-0.39, 0.29) is 23.5 Å². The van der Waals surface area contributed by atoms with E-state index in [9.17, 15) is 13.2 Å². The zero-order chi connectivity index (χ0) is 21.5. The fraction of sp³-hybridized carbons (Fsp3) is 0.435. The van der Waals surface area contributed by atoms with Gasteiger partial charge in [-0.1, -0.05) is 54.6 Å². The highest BCUT2D eigenvalue weighted by molar-refractivity contribution is 7.88. The van der Waals surface area contributed by atoms with Crippen molar-refractivity contribution in [2.45, 2.75) is 31.3 Å². The molecule has 1 saturated heterocycles. The summed E-state index contributed by atoms with van der Waals surface area (Å²) in [7, 11) is 0.0989. The summed E-state index contributed by atoms with van der Waals surface area (Å²) in [6.07, 6.45) is 3.69. The molecule has 30 heavy (non-hydrogen) atoms. The first-order valence-electron chi connectivity index (χ1n) is 10.3. The van der Waals surface area contributed by atoms with Crippen molar-refractivity contribution in [3.63, 3.8) is 0 Å². The number of hydrogen-bond acceptors (Lipinski definition) is 3. The van der Waals surface area contributed by atoms with Crippen LogP contribution >= 0.6 is 0 Å². The monoisotopic (exact) mass is 427 g/mol. The molecular formula is C23H29N3O3S. The van der Waals surface area contributed by atoms with Gasteiger partial charge >= 0.3 is 6.03 Å². The second-order valence-electron chi connectivity index (χ2n) is 8.87. The summed E-state index contributed by atoms with van der Waals surface area (Å²) >= 11 is 0. The molecule has 160 valence electrons. The van der Waals surface area contributed by atoms with Crippen molar-refractivity contribution in [1.82, 2.24) is 14.5 Å². The molecule has 1 aliphatic carbocycles. The van der Waals surface area contributed by atoms with Gasteiger partial charge in [0.1, 0.15) is 0 Å². The lowest BCUT2D eigenvalue weighted by atomic mass is 9.92. The number of benzene rings is 2. The van der Waals surface area contributed by atoms with Gasteiger partial charge in [0.2, 0.25) is 10.0 Å². The number of nitrogens with one attached hydrogen (secondary N) is 1. The molecule has 2 atom stereocenters. The Hall–Kier alpha value is -2.38. The number of hydrogen-bond donors (Lipinski definition) is 1. The van der Waals surface area contributed by atoms with Crippen LogP contribution in [0.15, 0.2) is 54.6 Å². The average Bonchev–Trinajstić information content (AvgIpc) is 3.43. The van der Waals surface area contributed by atoms with E-state index >= 15 is 0 Å². The molecule has 0 bridgehead atoms. The molecule has 7 heteroatoms. The van der Waals surface area contributed by atoms with Crippen LogP contribution in [0.4, 0.5) is 4.79 Å². The van der Waals surface area contributed by atoms with Gasteiger partial charge < -0.3 is 9.80 Å². The summed E-state index contributed by atoms with van der Waals surface area (Å²) in [6, 6.07) is 17.9. The Bertz CT molecular complexity index is 1030. The van der Waals surface area contributed by atoms with Crippen LogP contribution in [-0.4, -0.2) is 63.2 Å². The van der Waals surface area contributed by atoms with Gasteiger partial charge in [0.25, 0.3) is 0 Å². The molecule has 2 aromatic rings. The molecule has 1 aliphatic heterocycles. The fourth-order valence-corrected chi connectivity index (χ4v) is 5.52. The number of sulfonamides is 1. The Morgan fingerprint density at radius 1 is 1.10 bits per heavy atom. The van der Waals surface area contributed by atoms with Crippen LogP contribution in [0.1, 0.15) is 18.4 Å². The molecule has 1 spiro atoms. The second-order valence-corrected chi connectivity index (χ2v) is 10.7. The quantitative estimate of drug-likeness (QED) is 0.798. The minimum absolute atomic E-state index is 0.0664. The molecule has 2 aliphatic rings. The molecule has 1 heterocycles. The van der Waals surface area contributed by atoms with Gasteiger partial charge in [-0.05, 0) is 36.0 Å². The first kappa shape index (κ1) is 20.9. The number of rotatable bonds is 5. The van der Waals surface area contributed by atoms with E-state index in [0.29, 0.717) is 13.0 Å². The number of carbonyl (C=O) groups excluding carboxylic acids is 1. The van der Waals surface area contributed by atoms with Crippen molar-refractivity contribution in [3.8, 4) is 11.1 Å². The summed E-state index contributed by atoms with van der Waals surface area (Å²) < 4.78 is 27.1. The van der Waals surface area contributed by atoms with E-state index in [4.69, 9.17) is 0 Å². The summed E-state index contributed by atoms with van der Waals surface area (Å²) in [5.74, 6) is 0. The minimum atomic E-state index is -3.39. The molecule has 1 N–H and O–H groups in total. The molecule has 1 saturated carbocycles. The van der Waals surface area contributed by atoms with E-state index in [1.807, 2.05) is 29.2 Å². The number of amides is 2. The minimum Gasteiger partial charge on any atom is -0.331 e. The summed E-state index contributed by atoms with van der Waals surface area (Å²) in [4.78, 5) is 16.4. The average molecular weight is 428 g/mol. The Morgan fingerprint density at radius 3 is 2.37 bits per heavy atom. The van der Waals surface area contributed by atoms with Gasteiger partial charge in [-0.2, -0.15) is 0 Å². The smallest absolute Gasteiger partial charge is 0.319 e. The SMILES string of the molecule is CN(C)C(=O)N1CC2(CC2)C(NS(C)(=O)=O)C1Cc1cccc(-c2ccccc2)c1. The number of carbonyl (C=O) groups is 1. The number of urea groups is 1. The second kappa shape index (κ2) is 7.71. The predicted molar refractivity (Wildman–Crippen MR) is 119 cm³/mol. The Kier molecular flexibility index (Phi) is 5.36. The van der Waals surface area contributed by atoms with Crippen LogP contribution in [0, 0.1) is 5.41 Å². The van der Waals surface area contributed by atoms with Crippen molar-refractivity contribution in [2.75, 3.05) is 26.9 Å². The highest BCUT2D eigenvalue weighted by Crippen LogP contribution is 2.55. The standard InChI is InChI=1S/C23H29N3O3S/c1-25(2)22(27)26-16-23(12-13-23)21(24-30(3,28)29)20(26)15-17-8-7-11-19(14-17)18-9-5-4-6-10-18/h4-11,14,20-21,24H,12-13,15-16H2,1-3H3. The normalized spacial score (nSPS) is 22.3. The summed E-state index contributed by atoms with van der Waals surface area (Å²) in [5, 5.41) is 0. The first-order chi connectivity index (χ1) is 14.2. The van der Waals surface area contributed by atoms with Crippen molar-refractivity contribution in [2.24, 2.45) is 5.41 Å². The molecule has 2 aromatic carbocycles. The summed E-state index contributed by atoms with van der Waals surface area (Å²) in [6.45, 7) is 0.597. The van der Waals surface area contributed by atoms with Crippen LogP contribution < -0.4 is 4.72 Å².